The van der Waals surface area contributed by atoms with Gasteiger partial charge in [0.1, 0.15) is 5.75 Å². The fraction of sp³-hybridized carbons (Fsp3) is 0.300. The Hall–Kier alpha value is -1.57. The second-order valence-electron chi connectivity index (χ2n) is 3.02. The van der Waals surface area contributed by atoms with Gasteiger partial charge < -0.3 is 15.9 Å². The number of hydrogen-bond acceptors (Lipinski definition) is 4. The molecule has 0 spiro atoms. The van der Waals surface area contributed by atoms with E-state index in [1.165, 1.54) is 6.07 Å². The van der Waals surface area contributed by atoms with E-state index in [-0.39, 0.29) is 18.8 Å². The quantitative estimate of drug-likeness (QED) is 0.648. The van der Waals surface area contributed by atoms with Crippen LogP contribution in [0.5, 0.6) is 5.75 Å². The Morgan fingerprint density at radius 2 is 2.21 bits per heavy atom. The van der Waals surface area contributed by atoms with Crippen LogP contribution in [0.2, 0.25) is 0 Å². The minimum Gasteiger partial charge on any atom is -0.508 e. The molecule has 0 unspecified atom stereocenters. The number of aliphatic hydroxyl groups is 1. The molecule has 0 saturated carbocycles. The first-order valence-electron chi connectivity index (χ1n) is 4.24. The number of aliphatic hydroxyl groups excluding tert-OH is 1. The summed E-state index contributed by atoms with van der Waals surface area (Å²) in [5.74, 6) is 0.0493. The Morgan fingerprint density at radius 1 is 1.50 bits per heavy atom. The third-order valence-electron chi connectivity index (χ3n) is 1.97. The van der Waals surface area contributed by atoms with E-state index in [0.717, 1.165) is 5.56 Å². The third-order valence-corrected chi connectivity index (χ3v) is 1.97. The number of rotatable bonds is 3. The maximum absolute atomic E-state index is 9.43. The summed E-state index contributed by atoms with van der Waals surface area (Å²) in [6, 6.07) is 6.18. The zero-order chi connectivity index (χ0) is 10.6. The minimum absolute atomic E-state index is 0.0493. The van der Waals surface area contributed by atoms with Crippen molar-refractivity contribution in [2.24, 2.45) is 5.73 Å². The first-order chi connectivity index (χ1) is 6.69. The Labute approximate surface area is 82.2 Å². The van der Waals surface area contributed by atoms with Gasteiger partial charge in [-0.3, -0.25) is 0 Å². The van der Waals surface area contributed by atoms with Crippen LogP contribution >= 0.6 is 0 Å². The molecule has 0 aliphatic carbocycles. The smallest absolute Gasteiger partial charge is 0.120 e. The first kappa shape index (κ1) is 10.5. The van der Waals surface area contributed by atoms with Crippen LogP contribution in [0.25, 0.3) is 0 Å². The van der Waals surface area contributed by atoms with E-state index in [2.05, 4.69) is 0 Å². The van der Waals surface area contributed by atoms with Gasteiger partial charge in [0.05, 0.1) is 25.1 Å². The van der Waals surface area contributed by atoms with Crippen molar-refractivity contribution in [3.63, 3.8) is 0 Å². The molecule has 4 N–H and O–H groups in total. The summed E-state index contributed by atoms with van der Waals surface area (Å²) in [4.78, 5) is 0. The van der Waals surface area contributed by atoms with Gasteiger partial charge in [-0.05, 0) is 17.7 Å². The SMILES string of the molecule is N#CCc1ccc(O)c([C@@H](N)CO)c1. The summed E-state index contributed by atoms with van der Waals surface area (Å²) in [6.07, 6.45) is 0.269. The van der Waals surface area contributed by atoms with Crippen LogP contribution in [-0.4, -0.2) is 16.8 Å². The topological polar surface area (TPSA) is 90.3 Å². The molecule has 0 heterocycles. The Morgan fingerprint density at radius 3 is 2.79 bits per heavy atom. The summed E-state index contributed by atoms with van der Waals surface area (Å²) in [5, 5.41) is 26.7. The molecule has 4 heteroatoms. The summed E-state index contributed by atoms with van der Waals surface area (Å²) in [5.41, 5.74) is 6.82. The van der Waals surface area contributed by atoms with Crippen molar-refractivity contribution in [1.29, 1.82) is 5.26 Å². The van der Waals surface area contributed by atoms with Crippen LogP contribution in [0.1, 0.15) is 17.2 Å². The van der Waals surface area contributed by atoms with Gasteiger partial charge in [0.15, 0.2) is 0 Å². The van der Waals surface area contributed by atoms with Crippen molar-refractivity contribution >= 4 is 0 Å². The predicted molar refractivity (Wildman–Crippen MR) is 51.4 cm³/mol. The van der Waals surface area contributed by atoms with Gasteiger partial charge in [0, 0.05) is 5.56 Å². The lowest BCUT2D eigenvalue weighted by atomic mass is 10.0. The molecule has 1 rings (SSSR count). The normalized spacial score (nSPS) is 12.1. The molecule has 1 aromatic carbocycles. The number of hydrogen-bond donors (Lipinski definition) is 3. The standard InChI is InChI=1S/C10H12N2O2/c11-4-3-7-1-2-10(14)8(5-7)9(12)6-13/h1-2,5,9,13-14H,3,6,12H2/t9-/m0/s1. The van der Waals surface area contributed by atoms with Crippen molar-refractivity contribution in [2.75, 3.05) is 6.61 Å². The van der Waals surface area contributed by atoms with Crippen LogP contribution in [0.4, 0.5) is 0 Å². The zero-order valence-corrected chi connectivity index (χ0v) is 7.64. The van der Waals surface area contributed by atoms with Gasteiger partial charge in [0.25, 0.3) is 0 Å². The summed E-state index contributed by atoms with van der Waals surface area (Å²) in [7, 11) is 0. The lowest BCUT2D eigenvalue weighted by molar-refractivity contribution is 0.265. The van der Waals surface area contributed by atoms with Gasteiger partial charge in [0.2, 0.25) is 0 Å². The van der Waals surface area contributed by atoms with Crippen molar-refractivity contribution in [3.8, 4) is 11.8 Å². The van der Waals surface area contributed by atoms with Crippen LogP contribution in [-0.2, 0) is 6.42 Å². The second-order valence-corrected chi connectivity index (χ2v) is 3.02. The fourth-order valence-electron chi connectivity index (χ4n) is 1.20. The minimum atomic E-state index is -0.603. The molecule has 74 valence electrons. The number of nitriles is 1. The largest absolute Gasteiger partial charge is 0.508 e. The third kappa shape index (κ3) is 2.22. The molecular formula is C10H12N2O2. The molecule has 0 amide bonds. The Balaban J connectivity index is 3.03. The van der Waals surface area contributed by atoms with Gasteiger partial charge in [-0.2, -0.15) is 5.26 Å². The van der Waals surface area contributed by atoms with E-state index in [1.807, 2.05) is 6.07 Å². The molecule has 4 nitrogen and oxygen atoms in total. The average Bonchev–Trinajstić information content (AvgIpc) is 2.20. The molecular weight excluding hydrogens is 180 g/mol. The lowest BCUT2D eigenvalue weighted by Gasteiger charge is -2.11. The van der Waals surface area contributed by atoms with Gasteiger partial charge in [-0.25, -0.2) is 0 Å². The summed E-state index contributed by atoms with van der Waals surface area (Å²) in [6.45, 7) is -0.233. The van der Waals surface area contributed by atoms with Crippen LogP contribution in [0, 0.1) is 11.3 Å². The average molecular weight is 192 g/mol. The molecule has 14 heavy (non-hydrogen) atoms. The number of benzene rings is 1. The van der Waals surface area contributed by atoms with E-state index >= 15 is 0 Å². The molecule has 0 aliphatic rings. The molecule has 0 aliphatic heterocycles. The maximum atomic E-state index is 9.43. The molecule has 0 aromatic heterocycles. The van der Waals surface area contributed by atoms with E-state index in [1.54, 1.807) is 12.1 Å². The van der Waals surface area contributed by atoms with Crippen molar-refractivity contribution in [1.82, 2.24) is 0 Å². The number of phenolic OH excluding ortho intramolecular Hbond substituents is 1. The van der Waals surface area contributed by atoms with E-state index in [0.29, 0.717) is 5.56 Å². The second kappa shape index (κ2) is 4.61. The number of aromatic hydroxyl groups is 1. The van der Waals surface area contributed by atoms with Gasteiger partial charge in [-0.1, -0.05) is 6.07 Å². The van der Waals surface area contributed by atoms with Crippen molar-refractivity contribution < 1.29 is 10.2 Å². The summed E-state index contributed by atoms with van der Waals surface area (Å²) < 4.78 is 0. The van der Waals surface area contributed by atoms with Crippen LogP contribution in [0.15, 0.2) is 18.2 Å². The summed E-state index contributed by atoms with van der Waals surface area (Å²) >= 11 is 0. The van der Waals surface area contributed by atoms with Crippen molar-refractivity contribution in [3.05, 3.63) is 29.3 Å². The van der Waals surface area contributed by atoms with Gasteiger partial charge in [-0.15, -0.1) is 0 Å². The highest BCUT2D eigenvalue weighted by Gasteiger charge is 2.10. The number of nitrogens with two attached hydrogens (primary N) is 1. The molecule has 0 bridgehead atoms. The molecule has 0 fully saturated rings. The van der Waals surface area contributed by atoms with Gasteiger partial charge >= 0.3 is 0 Å². The Kier molecular flexibility index (Phi) is 3.46. The molecule has 0 saturated heterocycles. The van der Waals surface area contributed by atoms with Crippen molar-refractivity contribution in [2.45, 2.75) is 12.5 Å². The highest BCUT2D eigenvalue weighted by atomic mass is 16.3. The zero-order valence-electron chi connectivity index (χ0n) is 7.64. The molecule has 1 atom stereocenters. The highest BCUT2D eigenvalue weighted by molar-refractivity contribution is 5.39. The first-order valence-corrected chi connectivity index (χ1v) is 4.24. The predicted octanol–water partition coefficient (Wildman–Crippen LogP) is 0.450. The molecule has 1 aromatic rings. The fourth-order valence-corrected chi connectivity index (χ4v) is 1.20. The van der Waals surface area contributed by atoms with Crippen LogP contribution < -0.4 is 5.73 Å². The van der Waals surface area contributed by atoms with E-state index in [4.69, 9.17) is 16.1 Å². The Bertz CT molecular complexity index is 358. The molecule has 0 radical (unpaired) electrons. The maximum Gasteiger partial charge on any atom is 0.120 e. The van der Waals surface area contributed by atoms with E-state index in [9.17, 15) is 5.11 Å². The lowest BCUT2D eigenvalue weighted by Crippen LogP contribution is -2.14. The number of phenols is 1. The number of nitrogens with zero attached hydrogens (tertiary/aromatic N) is 1. The van der Waals surface area contributed by atoms with Crippen LogP contribution in [0.3, 0.4) is 0 Å². The van der Waals surface area contributed by atoms with E-state index < -0.39 is 6.04 Å². The monoisotopic (exact) mass is 192 g/mol. The highest BCUT2D eigenvalue weighted by Crippen LogP contribution is 2.23.